The third-order valence-electron chi connectivity index (χ3n) is 2.75. The number of hydrogen-bond donors (Lipinski definition) is 2. The van der Waals surface area contributed by atoms with Gasteiger partial charge < -0.3 is 11.1 Å². The summed E-state index contributed by atoms with van der Waals surface area (Å²) in [6, 6.07) is 9.58. The van der Waals surface area contributed by atoms with Gasteiger partial charge in [0, 0.05) is 0 Å². The van der Waals surface area contributed by atoms with E-state index in [1.807, 2.05) is 30.3 Å². The van der Waals surface area contributed by atoms with Crippen LogP contribution in [-0.2, 0) is 4.79 Å². The Morgan fingerprint density at radius 3 is 2.21 bits per heavy atom. The fourth-order valence-corrected chi connectivity index (χ4v) is 1.85. The molecule has 19 heavy (non-hydrogen) atoms. The number of hydrogen-bond acceptors (Lipinski definition) is 2. The highest BCUT2D eigenvalue weighted by atomic mass is 35.5. The molecule has 0 aromatic heterocycles. The zero-order valence-electron chi connectivity index (χ0n) is 12.1. The molecule has 0 bridgehead atoms. The Balaban J connectivity index is 0.00000324. The molecule has 0 aliphatic heterocycles. The average Bonchev–Trinajstić information content (AvgIpc) is 2.27. The number of carbonyl (C=O) groups excluding carboxylic acids is 1. The van der Waals surface area contributed by atoms with E-state index in [9.17, 15) is 4.79 Å². The van der Waals surface area contributed by atoms with Crippen molar-refractivity contribution in [1.82, 2.24) is 5.32 Å². The molecule has 1 aromatic carbocycles. The monoisotopic (exact) mass is 284 g/mol. The van der Waals surface area contributed by atoms with Gasteiger partial charge in [0.1, 0.15) is 0 Å². The number of rotatable bonds is 4. The van der Waals surface area contributed by atoms with Crippen LogP contribution in [0.2, 0.25) is 0 Å². The molecule has 0 fully saturated rings. The van der Waals surface area contributed by atoms with Gasteiger partial charge in [-0.05, 0) is 24.3 Å². The molecule has 1 unspecified atom stereocenters. The Morgan fingerprint density at radius 1 is 1.26 bits per heavy atom. The average molecular weight is 285 g/mol. The lowest BCUT2D eigenvalue weighted by Gasteiger charge is -2.27. The normalized spacial score (nSPS) is 14.2. The summed E-state index contributed by atoms with van der Waals surface area (Å²) in [7, 11) is 0. The van der Waals surface area contributed by atoms with Crippen molar-refractivity contribution in [3.8, 4) is 0 Å². The Bertz CT molecular complexity index is 385. The summed E-state index contributed by atoms with van der Waals surface area (Å²) in [6.07, 6.45) is 0.884. The van der Waals surface area contributed by atoms with Gasteiger partial charge >= 0.3 is 0 Å². The summed E-state index contributed by atoms with van der Waals surface area (Å²) >= 11 is 0. The SMILES string of the molecule is C[C@@H](N)C(=O)NC(CC(C)(C)C)c1ccccc1.Cl. The fourth-order valence-electron chi connectivity index (χ4n) is 1.85. The highest BCUT2D eigenvalue weighted by molar-refractivity contribution is 5.85. The van der Waals surface area contributed by atoms with Crippen molar-refractivity contribution >= 4 is 18.3 Å². The van der Waals surface area contributed by atoms with Crippen molar-refractivity contribution in [3.05, 3.63) is 35.9 Å². The minimum absolute atomic E-state index is 0. The molecule has 0 heterocycles. The standard InChI is InChI=1S/C15H24N2O.ClH/c1-11(16)14(18)17-13(10-15(2,3)4)12-8-6-5-7-9-12;/h5-9,11,13H,10,16H2,1-4H3,(H,17,18);1H/t11-,13?;/m1./s1. The maximum atomic E-state index is 11.8. The molecule has 108 valence electrons. The molecule has 0 saturated carbocycles. The van der Waals surface area contributed by atoms with E-state index < -0.39 is 6.04 Å². The summed E-state index contributed by atoms with van der Waals surface area (Å²) in [5.74, 6) is -0.104. The number of carbonyl (C=O) groups is 1. The number of amides is 1. The zero-order valence-corrected chi connectivity index (χ0v) is 13.0. The topological polar surface area (TPSA) is 55.1 Å². The fraction of sp³-hybridized carbons (Fsp3) is 0.533. The van der Waals surface area contributed by atoms with E-state index in [-0.39, 0.29) is 29.8 Å². The van der Waals surface area contributed by atoms with Crippen LogP contribution in [0, 0.1) is 5.41 Å². The Hall–Kier alpha value is -1.06. The zero-order chi connectivity index (χ0) is 13.8. The number of nitrogens with two attached hydrogens (primary N) is 1. The van der Waals surface area contributed by atoms with Crippen LogP contribution in [0.1, 0.15) is 45.7 Å². The van der Waals surface area contributed by atoms with Crippen molar-refractivity contribution in [2.24, 2.45) is 11.1 Å². The van der Waals surface area contributed by atoms with Crippen LogP contribution in [0.15, 0.2) is 30.3 Å². The minimum atomic E-state index is -0.476. The predicted molar refractivity (Wildman–Crippen MR) is 82.3 cm³/mol. The third kappa shape index (κ3) is 6.60. The summed E-state index contributed by atoms with van der Waals surface area (Å²) < 4.78 is 0. The summed E-state index contributed by atoms with van der Waals surface area (Å²) in [6.45, 7) is 8.21. The molecular weight excluding hydrogens is 260 g/mol. The van der Waals surface area contributed by atoms with E-state index in [0.29, 0.717) is 0 Å². The minimum Gasteiger partial charge on any atom is -0.348 e. The highest BCUT2D eigenvalue weighted by Crippen LogP contribution is 2.29. The van der Waals surface area contributed by atoms with Crippen LogP contribution in [0.4, 0.5) is 0 Å². The maximum Gasteiger partial charge on any atom is 0.237 e. The molecule has 0 spiro atoms. The molecule has 0 aliphatic carbocycles. The lowest BCUT2D eigenvalue weighted by molar-refractivity contribution is -0.122. The molecule has 3 N–H and O–H groups in total. The Labute approximate surface area is 122 Å². The molecular formula is C15H25ClN2O. The highest BCUT2D eigenvalue weighted by Gasteiger charge is 2.22. The van der Waals surface area contributed by atoms with Gasteiger partial charge in [0.15, 0.2) is 0 Å². The quantitative estimate of drug-likeness (QED) is 0.893. The first kappa shape index (κ1) is 17.9. The van der Waals surface area contributed by atoms with Crippen molar-refractivity contribution < 1.29 is 4.79 Å². The van der Waals surface area contributed by atoms with Gasteiger partial charge in [-0.25, -0.2) is 0 Å². The lowest BCUT2D eigenvalue weighted by Crippen LogP contribution is -2.41. The van der Waals surface area contributed by atoms with Crippen molar-refractivity contribution in [3.63, 3.8) is 0 Å². The van der Waals surface area contributed by atoms with Crippen molar-refractivity contribution in [2.45, 2.75) is 46.2 Å². The molecule has 0 saturated heterocycles. The van der Waals surface area contributed by atoms with Crippen molar-refractivity contribution in [2.75, 3.05) is 0 Å². The van der Waals surface area contributed by atoms with Crippen LogP contribution in [0.5, 0.6) is 0 Å². The van der Waals surface area contributed by atoms with Gasteiger partial charge in [-0.1, -0.05) is 51.1 Å². The van der Waals surface area contributed by atoms with E-state index in [2.05, 4.69) is 26.1 Å². The van der Waals surface area contributed by atoms with E-state index in [0.717, 1.165) is 12.0 Å². The number of halogens is 1. The van der Waals surface area contributed by atoms with Crippen LogP contribution in [0.25, 0.3) is 0 Å². The van der Waals surface area contributed by atoms with Gasteiger partial charge in [0.25, 0.3) is 0 Å². The van der Waals surface area contributed by atoms with Crippen LogP contribution in [-0.4, -0.2) is 11.9 Å². The first-order valence-electron chi connectivity index (χ1n) is 6.40. The summed E-state index contributed by atoms with van der Waals surface area (Å²) in [5.41, 5.74) is 6.88. The third-order valence-corrected chi connectivity index (χ3v) is 2.75. The van der Waals surface area contributed by atoms with Crippen molar-refractivity contribution in [1.29, 1.82) is 0 Å². The van der Waals surface area contributed by atoms with E-state index in [1.165, 1.54) is 0 Å². The van der Waals surface area contributed by atoms with E-state index in [1.54, 1.807) is 6.92 Å². The number of nitrogens with one attached hydrogen (secondary N) is 1. The largest absolute Gasteiger partial charge is 0.348 e. The predicted octanol–water partition coefficient (Wildman–Crippen LogP) is 3.05. The summed E-state index contributed by atoms with van der Waals surface area (Å²) in [4.78, 5) is 11.8. The van der Waals surface area contributed by atoms with E-state index >= 15 is 0 Å². The molecule has 4 heteroatoms. The second kappa shape index (κ2) is 7.51. The van der Waals surface area contributed by atoms with Gasteiger partial charge in [0.2, 0.25) is 5.91 Å². The van der Waals surface area contributed by atoms with E-state index in [4.69, 9.17) is 5.73 Å². The van der Waals surface area contributed by atoms with Gasteiger partial charge in [-0.3, -0.25) is 4.79 Å². The molecule has 1 rings (SSSR count). The van der Waals surface area contributed by atoms with Crippen LogP contribution < -0.4 is 11.1 Å². The molecule has 0 aliphatic rings. The van der Waals surface area contributed by atoms with Gasteiger partial charge in [0.05, 0.1) is 12.1 Å². The Kier molecular flexibility index (Phi) is 7.09. The maximum absolute atomic E-state index is 11.8. The van der Waals surface area contributed by atoms with Gasteiger partial charge in [-0.2, -0.15) is 0 Å². The first-order chi connectivity index (χ1) is 8.29. The molecule has 2 atom stereocenters. The van der Waals surface area contributed by atoms with Crippen LogP contribution >= 0.6 is 12.4 Å². The molecule has 0 radical (unpaired) electrons. The molecule has 3 nitrogen and oxygen atoms in total. The summed E-state index contributed by atoms with van der Waals surface area (Å²) in [5, 5.41) is 3.03. The second-order valence-electron chi connectivity index (χ2n) is 6.03. The smallest absolute Gasteiger partial charge is 0.237 e. The first-order valence-corrected chi connectivity index (χ1v) is 6.40. The number of benzene rings is 1. The molecule has 1 aromatic rings. The second-order valence-corrected chi connectivity index (χ2v) is 6.03. The Morgan fingerprint density at radius 2 is 1.79 bits per heavy atom. The lowest BCUT2D eigenvalue weighted by atomic mass is 9.85. The van der Waals surface area contributed by atoms with Gasteiger partial charge in [-0.15, -0.1) is 12.4 Å². The van der Waals surface area contributed by atoms with Crippen LogP contribution in [0.3, 0.4) is 0 Å². The molecule has 1 amide bonds.